The lowest BCUT2D eigenvalue weighted by Gasteiger charge is -2.21. The summed E-state index contributed by atoms with van der Waals surface area (Å²) in [7, 11) is 0. The molecule has 0 spiro atoms. The topological polar surface area (TPSA) is 0 Å². The first-order valence-corrected chi connectivity index (χ1v) is 15.1. The molecule has 0 saturated carbocycles. The number of fused-ring (bicyclic) bond motifs is 2. The molecule has 0 radical (unpaired) electrons. The van der Waals surface area contributed by atoms with Crippen LogP contribution in [0.3, 0.4) is 0 Å². The minimum Gasteiger partial charge on any atom is -0.0622 e. The maximum atomic E-state index is 2.60. The van der Waals surface area contributed by atoms with E-state index in [1.165, 1.54) is 114 Å². The van der Waals surface area contributed by atoms with Crippen molar-refractivity contribution in [2.24, 2.45) is 0 Å². The molecule has 0 fully saturated rings. The molecule has 0 aliphatic heterocycles. The Kier molecular flexibility index (Phi) is 6.50. The quantitative estimate of drug-likeness (QED) is 0.199. The molecule has 0 nitrogen and oxygen atoms in total. The maximum Gasteiger partial charge on any atom is -0.00197 e. The van der Waals surface area contributed by atoms with Crippen LogP contribution in [0.4, 0.5) is 0 Å². The second-order valence-corrected chi connectivity index (χ2v) is 11.6. The molecule has 0 N–H and O–H groups in total. The van der Waals surface area contributed by atoms with E-state index in [1.807, 2.05) is 0 Å². The fourth-order valence-corrected chi connectivity index (χ4v) is 7.32. The van der Waals surface area contributed by atoms with Crippen LogP contribution in [-0.2, 0) is 12.8 Å². The molecule has 190 valence electrons. The van der Waals surface area contributed by atoms with Gasteiger partial charge in [-0.2, -0.15) is 0 Å². The van der Waals surface area contributed by atoms with Crippen molar-refractivity contribution in [1.82, 2.24) is 0 Å². The summed E-state index contributed by atoms with van der Waals surface area (Å²) >= 11 is 0. The van der Waals surface area contributed by atoms with Crippen molar-refractivity contribution in [3.8, 4) is 33.4 Å². The van der Waals surface area contributed by atoms with Gasteiger partial charge in [-0.1, -0.05) is 130 Å². The van der Waals surface area contributed by atoms with Crippen LogP contribution in [0.15, 0.2) is 84.9 Å². The van der Waals surface area contributed by atoms with Crippen molar-refractivity contribution < 1.29 is 0 Å². The maximum absolute atomic E-state index is 2.60. The van der Waals surface area contributed by atoms with Gasteiger partial charge in [-0.05, 0) is 97.8 Å². The SMILES string of the molecule is c1ccc(-c2cc3c4c(c2CCCCCCCCCCCC3)-c2cc3ccccc3c3cccc-4c23)cc1. The molecular weight excluding hydrogens is 456 g/mol. The molecule has 0 heterocycles. The van der Waals surface area contributed by atoms with Gasteiger partial charge < -0.3 is 0 Å². The summed E-state index contributed by atoms with van der Waals surface area (Å²) in [6, 6.07) is 32.4. The van der Waals surface area contributed by atoms with Gasteiger partial charge in [-0.15, -0.1) is 0 Å². The van der Waals surface area contributed by atoms with Crippen LogP contribution in [0, 0.1) is 0 Å². The van der Waals surface area contributed by atoms with E-state index in [2.05, 4.69) is 84.9 Å². The van der Waals surface area contributed by atoms with Crippen molar-refractivity contribution in [1.29, 1.82) is 0 Å². The summed E-state index contributed by atoms with van der Waals surface area (Å²) in [5, 5.41) is 5.63. The van der Waals surface area contributed by atoms with Crippen LogP contribution < -0.4 is 0 Å². The molecule has 2 aliphatic carbocycles. The molecule has 0 heteroatoms. The first-order chi connectivity index (χ1) is 18.9. The Hall–Kier alpha value is -3.38. The standard InChI is InChI=1S/C38H38/c1-2-4-6-8-13-22-32-34(27-17-11-9-12-18-27)26-29(20-10-7-5-3-1)36-33-24-16-23-31-30-21-15-14-19-28(30)25-35(37(31)33)38(32)36/h9,11-12,14-19,21,23-26H,1-8,10,13,20,22H2. The fourth-order valence-electron chi connectivity index (χ4n) is 7.32. The van der Waals surface area contributed by atoms with Gasteiger partial charge in [0.1, 0.15) is 0 Å². The van der Waals surface area contributed by atoms with Gasteiger partial charge in [0.15, 0.2) is 0 Å². The molecule has 7 rings (SSSR count). The Morgan fingerprint density at radius 3 is 1.87 bits per heavy atom. The van der Waals surface area contributed by atoms with E-state index < -0.39 is 0 Å². The van der Waals surface area contributed by atoms with E-state index in [-0.39, 0.29) is 0 Å². The minimum atomic E-state index is 1.16. The minimum absolute atomic E-state index is 1.16. The van der Waals surface area contributed by atoms with Crippen molar-refractivity contribution in [2.45, 2.75) is 77.0 Å². The van der Waals surface area contributed by atoms with E-state index in [1.54, 1.807) is 22.3 Å². The van der Waals surface area contributed by atoms with E-state index >= 15 is 0 Å². The number of rotatable bonds is 1. The van der Waals surface area contributed by atoms with Crippen LogP contribution in [0.5, 0.6) is 0 Å². The normalized spacial score (nSPS) is 16.2. The van der Waals surface area contributed by atoms with Crippen LogP contribution >= 0.6 is 0 Å². The third kappa shape index (κ3) is 4.15. The summed E-state index contributed by atoms with van der Waals surface area (Å²) in [5.74, 6) is 0. The zero-order chi connectivity index (χ0) is 25.3. The predicted octanol–water partition coefficient (Wildman–Crippen LogP) is 11.3. The highest BCUT2D eigenvalue weighted by Gasteiger charge is 2.29. The molecule has 5 aromatic carbocycles. The lowest BCUT2D eigenvalue weighted by molar-refractivity contribution is 0.551. The van der Waals surface area contributed by atoms with Crippen LogP contribution in [0.2, 0.25) is 0 Å². The molecule has 0 aromatic heterocycles. The molecule has 2 aliphatic rings. The Morgan fingerprint density at radius 1 is 0.421 bits per heavy atom. The zero-order valence-electron chi connectivity index (χ0n) is 22.6. The van der Waals surface area contributed by atoms with Crippen LogP contribution in [0.25, 0.3) is 54.9 Å². The van der Waals surface area contributed by atoms with Gasteiger partial charge in [0.2, 0.25) is 0 Å². The number of hydrogen-bond donors (Lipinski definition) is 0. The van der Waals surface area contributed by atoms with Crippen LogP contribution in [0.1, 0.15) is 75.3 Å². The van der Waals surface area contributed by atoms with Gasteiger partial charge in [-0.3, -0.25) is 0 Å². The lowest BCUT2D eigenvalue weighted by atomic mass is 9.83. The van der Waals surface area contributed by atoms with E-state index in [9.17, 15) is 0 Å². The first kappa shape index (κ1) is 23.7. The molecule has 38 heavy (non-hydrogen) atoms. The van der Waals surface area contributed by atoms with Gasteiger partial charge in [0, 0.05) is 0 Å². The average molecular weight is 495 g/mol. The molecule has 2 bridgehead atoms. The lowest BCUT2D eigenvalue weighted by Crippen LogP contribution is -2.01. The second-order valence-electron chi connectivity index (χ2n) is 11.6. The van der Waals surface area contributed by atoms with Crippen molar-refractivity contribution in [2.75, 3.05) is 0 Å². The van der Waals surface area contributed by atoms with Crippen molar-refractivity contribution >= 4 is 21.5 Å². The molecule has 0 saturated heterocycles. The number of hydrogen-bond acceptors (Lipinski definition) is 0. The molecule has 0 unspecified atom stereocenters. The van der Waals surface area contributed by atoms with Gasteiger partial charge in [-0.25, -0.2) is 0 Å². The smallest absolute Gasteiger partial charge is 0.00197 e. The van der Waals surface area contributed by atoms with Crippen molar-refractivity contribution in [3.63, 3.8) is 0 Å². The van der Waals surface area contributed by atoms with E-state index in [0.717, 1.165) is 6.42 Å². The van der Waals surface area contributed by atoms with Gasteiger partial charge in [0.25, 0.3) is 0 Å². The monoisotopic (exact) mass is 494 g/mol. The Balaban J connectivity index is 1.51. The Bertz CT molecular complexity index is 1600. The summed E-state index contributed by atoms with van der Waals surface area (Å²) in [4.78, 5) is 0. The Labute approximate surface area is 227 Å². The third-order valence-corrected chi connectivity index (χ3v) is 9.15. The van der Waals surface area contributed by atoms with E-state index in [0.29, 0.717) is 0 Å². The van der Waals surface area contributed by atoms with Crippen molar-refractivity contribution in [3.05, 3.63) is 96.1 Å². The van der Waals surface area contributed by atoms with E-state index in [4.69, 9.17) is 0 Å². The highest BCUT2D eigenvalue weighted by Crippen LogP contribution is 2.54. The Morgan fingerprint density at radius 2 is 1.08 bits per heavy atom. The molecule has 0 atom stereocenters. The first-order valence-electron chi connectivity index (χ1n) is 15.1. The summed E-state index contributed by atoms with van der Waals surface area (Å²) < 4.78 is 0. The zero-order valence-corrected chi connectivity index (χ0v) is 22.6. The summed E-state index contributed by atoms with van der Waals surface area (Å²) in [6.45, 7) is 0. The predicted molar refractivity (Wildman–Crippen MR) is 165 cm³/mol. The second kappa shape index (κ2) is 10.4. The molecule has 0 amide bonds. The number of benzene rings is 5. The number of aryl methyl sites for hydroxylation is 1. The summed E-state index contributed by atoms with van der Waals surface area (Å²) in [5.41, 5.74) is 12.0. The highest BCUT2D eigenvalue weighted by molar-refractivity contribution is 6.24. The fraction of sp³-hybridized carbons (Fsp3) is 0.316. The average Bonchev–Trinajstić information content (AvgIpc) is 3.29. The molecular formula is C38H38. The highest BCUT2D eigenvalue weighted by atomic mass is 14.3. The van der Waals surface area contributed by atoms with Crippen LogP contribution in [-0.4, -0.2) is 0 Å². The third-order valence-electron chi connectivity index (χ3n) is 9.15. The molecule has 5 aromatic rings. The van der Waals surface area contributed by atoms with Gasteiger partial charge in [0.05, 0.1) is 0 Å². The summed E-state index contributed by atoms with van der Waals surface area (Å²) in [6.07, 6.45) is 16.0. The largest absolute Gasteiger partial charge is 0.0622 e. The van der Waals surface area contributed by atoms with Gasteiger partial charge >= 0.3 is 0 Å².